The van der Waals surface area contributed by atoms with Crippen molar-refractivity contribution in [1.29, 1.82) is 0 Å². The van der Waals surface area contributed by atoms with E-state index in [0.29, 0.717) is 12.0 Å². The SMILES string of the molecule is CNC1CN(c2ncc(F)cn2)C1. The van der Waals surface area contributed by atoms with Gasteiger partial charge in [-0.2, -0.15) is 0 Å². The Morgan fingerprint density at radius 2 is 2.08 bits per heavy atom. The molecule has 0 atom stereocenters. The molecule has 0 amide bonds. The number of hydrogen-bond acceptors (Lipinski definition) is 4. The molecule has 1 aliphatic heterocycles. The van der Waals surface area contributed by atoms with Crippen LogP contribution in [0.25, 0.3) is 0 Å². The Kier molecular flexibility index (Phi) is 2.10. The van der Waals surface area contributed by atoms with Crippen molar-refractivity contribution >= 4 is 5.95 Å². The third kappa shape index (κ3) is 1.60. The van der Waals surface area contributed by atoms with Crippen LogP contribution in [0.4, 0.5) is 10.3 Å². The summed E-state index contributed by atoms with van der Waals surface area (Å²) >= 11 is 0. The minimum absolute atomic E-state index is 0.394. The van der Waals surface area contributed by atoms with Crippen molar-refractivity contribution in [3.63, 3.8) is 0 Å². The summed E-state index contributed by atoms with van der Waals surface area (Å²) in [5, 5.41) is 3.14. The Morgan fingerprint density at radius 1 is 1.46 bits per heavy atom. The Hall–Kier alpha value is -1.23. The van der Waals surface area contributed by atoms with Crippen molar-refractivity contribution in [2.45, 2.75) is 6.04 Å². The number of nitrogens with one attached hydrogen (secondary N) is 1. The normalized spacial score (nSPS) is 17.2. The molecule has 1 aliphatic rings. The molecule has 0 radical (unpaired) electrons. The van der Waals surface area contributed by atoms with E-state index in [-0.39, 0.29) is 0 Å². The molecule has 1 saturated heterocycles. The van der Waals surface area contributed by atoms with E-state index >= 15 is 0 Å². The zero-order chi connectivity index (χ0) is 9.26. The number of hydrogen-bond donors (Lipinski definition) is 1. The van der Waals surface area contributed by atoms with Gasteiger partial charge < -0.3 is 10.2 Å². The maximum atomic E-state index is 12.5. The lowest BCUT2D eigenvalue weighted by Gasteiger charge is -2.38. The first-order chi connectivity index (χ1) is 6.29. The van der Waals surface area contributed by atoms with Crippen LogP contribution in [0.3, 0.4) is 0 Å². The molecule has 1 N–H and O–H groups in total. The summed E-state index contributed by atoms with van der Waals surface area (Å²) in [4.78, 5) is 9.76. The molecule has 13 heavy (non-hydrogen) atoms. The summed E-state index contributed by atoms with van der Waals surface area (Å²) in [6, 6.07) is 0.508. The summed E-state index contributed by atoms with van der Waals surface area (Å²) in [6.45, 7) is 1.78. The van der Waals surface area contributed by atoms with E-state index < -0.39 is 5.82 Å². The quantitative estimate of drug-likeness (QED) is 0.700. The second-order valence-corrected chi connectivity index (χ2v) is 3.09. The summed E-state index contributed by atoms with van der Waals surface area (Å²) in [7, 11) is 1.92. The molecule has 0 saturated carbocycles. The highest BCUT2D eigenvalue weighted by Gasteiger charge is 2.26. The first-order valence-corrected chi connectivity index (χ1v) is 4.19. The van der Waals surface area contributed by atoms with E-state index in [1.54, 1.807) is 0 Å². The van der Waals surface area contributed by atoms with Crippen LogP contribution in [0.15, 0.2) is 12.4 Å². The maximum absolute atomic E-state index is 12.5. The van der Waals surface area contributed by atoms with Gasteiger partial charge >= 0.3 is 0 Å². The predicted octanol–water partition coefficient (Wildman–Crippen LogP) is 0.0237. The van der Waals surface area contributed by atoms with Gasteiger partial charge in [0.1, 0.15) is 0 Å². The number of rotatable bonds is 2. The van der Waals surface area contributed by atoms with Crippen LogP contribution in [0.5, 0.6) is 0 Å². The molecule has 0 aromatic carbocycles. The van der Waals surface area contributed by atoms with Gasteiger partial charge in [-0.3, -0.25) is 0 Å². The zero-order valence-electron chi connectivity index (χ0n) is 7.37. The standard InChI is InChI=1S/C8H11FN4/c1-10-7-4-13(5-7)8-11-2-6(9)3-12-8/h2-3,7,10H,4-5H2,1H3. The number of likely N-dealkylation sites (N-methyl/N-ethyl adjacent to an activating group) is 1. The second-order valence-electron chi connectivity index (χ2n) is 3.09. The van der Waals surface area contributed by atoms with Gasteiger partial charge in [0.25, 0.3) is 0 Å². The molecule has 0 aliphatic carbocycles. The molecule has 1 fully saturated rings. The predicted molar refractivity (Wildman–Crippen MR) is 47.1 cm³/mol. The first kappa shape index (κ1) is 8.37. The van der Waals surface area contributed by atoms with Crippen LogP contribution in [-0.4, -0.2) is 36.1 Å². The third-order valence-corrected chi connectivity index (χ3v) is 2.18. The molecule has 1 aromatic heterocycles. The van der Waals surface area contributed by atoms with Gasteiger partial charge in [-0.05, 0) is 7.05 Å². The molecule has 2 heterocycles. The van der Waals surface area contributed by atoms with Gasteiger partial charge in [-0.15, -0.1) is 0 Å². The van der Waals surface area contributed by atoms with Crippen molar-refractivity contribution in [3.8, 4) is 0 Å². The van der Waals surface area contributed by atoms with E-state index in [2.05, 4.69) is 15.3 Å². The van der Waals surface area contributed by atoms with Gasteiger partial charge in [0.2, 0.25) is 5.95 Å². The summed E-state index contributed by atoms with van der Waals surface area (Å²) in [5.74, 6) is 0.210. The average molecular weight is 182 g/mol. The molecule has 4 nitrogen and oxygen atoms in total. The molecule has 0 bridgehead atoms. The lowest BCUT2D eigenvalue weighted by molar-refractivity contribution is 0.442. The van der Waals surface area contributed by atoms with Gasteiger partial charge in [-0.25, -0.2) is 14.4 Å². The molecular formula is C8H11FN4. The van der Waals surface area contributed by atoms with Crippen LogP contribution in [0, 0.1) is 5.82 Å². The minimum atomic E-state index is -0.394. The van der Waals surface area contributed by atoms with E-state index in [9.17, 15) is 4.39 Å². The van der Waals surface area contributed by atoms with Gasteiger partial charge in [-0.1, -0.05) is 0 Å². The summed E-state index contributed by atoms with van der Waals surface area (Å²) in [5.41, 5.74) is 0. The van der Waals surface area contributed by atoms with Crippen molar-refractivity contribution in [2.24, 2.45) is 0 Å². The van der Waals surface area contributed by atoms with Gasteiger partial charge in [0.15, 0.2) is 5.82 Å². The Balaban J connectivity index is 1.99. The van der Waals surface area contributed by atoms with Crippen molar-refractivity contribution < 1.29 is 4.39 Å². The molecule has 5 heteroatoms. The summed E-state index contributed by atoms with van der Waals surface area (Å²) in [6.07, 6.45) is 2.38. The molecular weight excluding hydrogens is 171 g/mol. The topological polar surface area (TPSA) is 41.0 Å². The average Bonchev–Trinajstić information content (AvgIpc) is 2.06. The number of anilines is 1. The Labute approximate surface area is 75.8 Å². The van der Waals surface area contributed by atoms with Crippen LogP contribution < -0.4 is 10.2 Å². The van der Waals surface area contributed by atoms with E-state index in [0.717, 1.165) is 13.1 Å². The Morgan fingerprint density at radius 3 is 2.62 bits per heavy atom. The molecule has 1 aromatic rings. The molecule has 0 spiro atoms. The zero-order valence-corrected chi connectivity index (χ0v) is 7.37. The number of aromatic nitrogens is 2. The second kappa shape index (κ2) is 3.26. The first-order valence-electron chi connectivity index (χ1n) is 4.19. The number of halogens is 1. The molecule has 2 rings (SSSR count). The van der Waals surface area contributed by atoms with E-state index in [1.807, 2.05) is 11.9 Å². The smallest absolute Gasteiger partial charge is 0.225 e. The highest BCUT2D eigenvalue weighted by Crippen LogP contribution is 2.14. The van der Waals surface area contributed by atoms with Gasteiger partial charge in [0, 0.05) is 19.1 Å². The van der Waals surface area contributed by atoms with E-state index in [4.69, 9.17) is 0 Å². The van der Waals surface area contributed by atoms with E-state index in [1.165, 1.54) is 12.4 Å². The lowest BCUT2D eigenvalue weighted by Crippen LogP contribution is -2.57. The fourth-order valence-electron chi connectivity index (χ4n) is 1.29. The van der Waals surface area contributed by atoms with Crippen LogP contribution >= 0.6 is 0 Å². The fourth-order valence-corrected chi connectivity index (χ4v) is 1.29. The largest absolute Gasteiger partial charge is 0.338 e. The van der Waals surface area contributed by atoms with Crippen LogP contribution in [0.2, 0.25) is 0 Å². The monoisotopic (exact) mass is 182 g/mol. The third-order valence-electron chi connectivity index (χ3n) is 2.18. The molecule has 70 valence electrons. The maximum Gasteiger partial charge on any atom is 0.225 e. The highest BCUT2D eigenvalue weighted by atomic mass is 19.1. The summed E-state index contributed by atoms with van der Waals surface area (Å²) < 4.78 is 12.5. The van der Waals surface area contributed by atoms with Crippen LogP contribution in [-0.2, 0) is 0 Å². The highest BCUT2D eigenvalue weighted by molar-refractivity contribution is 5.34. The minimum Gasteiger partial charge on any atom is -0.338 e. The molecule has 0 unspecified atom stereocenters. The Bertz CT molecular complexity index is 281. The van der Waals surface area contributed by atoms with Crippen molar-refractivity contribution in [3.05, 3.63) is 18.2 Å². The van der Waals surface area contributed by atoms with Crippen LogP contribution in [0.1, 0.15) is 0 Å². The van der Waals surface area contributed by atoms with Crippen molar-refractivity contribution in [2.75, 3.05) is 25.0 Å². The van der Waals surface area contributed by atoms with Crippen molar-refractivity contribution in [1.82, 2.24) is 15.3 Å². The lowest BCUT2D eigenvalue weighted by atomic mass is 10.1. The number of nitrogens with zero attached hydrogens (tertiary/aromatic N) is 3. The van der Waals surface area contributed by atoms with Gasteiger partial charge in [0.05, 0.1) is 12.4 Å². The fraction of sp³-hybridized carbons (Fsp3) is 0.500.